The van der Waals surface area contributed by atoms with Gasteiger partial charge < -0.3 is 10.2 Å². The molecule has 1 aromatic rings. The number of carbonyl (C=O) groups is 1. The van der Waals surface area contributed by atoms with Crippen molar-refractivity contribution in [2.75, 3.05) is 18.0 Å². The molecule has 5 nitrogen and oxygen atoms in total. The monoisotopic (exact) mass is 284 g/mol. The highest BCUT2D eigenvalue weighted by Crippen LogP contribution is 2.33. The highest BCUT2D eigenvalue weighted by atomic mass is 16.2. The van der Waals surface area contributed by atoms with Gasteiger partial charge in [0.15, 0.2) is 0 Å². The summed E-state index contributed by atoms with van der Waals surface area (Å²) in [5.74, 6) is 1.71. The summed E-state index contributed by atoms with van der Waals surface area (Å²) >= 11 is 0. The van der Waals surface area contributed by atoms with Crippen LogP contribution in [0.4, 0.5) is 5.69 Å². The van der Waals surface area contributed by atoms with Crippen LogP contribution >= 0.6 is 0 Å². The van der Waals surface area contributed by atoms with Gasteiger partial charge in [0.1, 0.15) is 11.9 Å². The number of aryl methyl sites for hydroxylation is 1. The van der Waals surface area contributed by atoms with Crippen LogP contribution in [0.1, 0.15) is 24.5 Å². The standard InChI is InChI=1S/C16H20N4O/c1-10-16(21)19-18-15-5-4-13-3-2-11(6-12-8-17-9-12)7-14(13)20(10)15/h2-3,7,10,12,17H,4-6,8-9H2,1H3,(H,19,21). The summed E-state index contributed by atoms with van der Waals surface area (Å²) in [6.45, 7) is 4.18. The van der Waals surface area contributed by atoms with Crippen molar-refractivity contribution in [1.82, 2.24) is 10.7 Å². The van der Waals surface area contributed by atoms with Crippen molar-refractivity contribution in [2.24, 2.45) is 11.0 Å². The van der Waals surface area contributed by atoms with Gasteiger partial charge in [0.05, 0.1) is 0 Å². The van der Waals surface area contributed by atoms with Crippen molar-refractivity contribution in [3.63, 3.8) is 0 Å². The number of benzene rings is 1. The van der Waals surface area contributed by atoms with Crippen LogP contribution in [0.2, 0.25) is 0 Å². The Kier molecular flexibility index (Phi) is 2.96. The van der Waals surface area contributed by atoms with E-state index in [0.717, 1.165) is 44.1 Å². The Hall–Kier alpha value is -1.88. The fourth-order valence-electron chi connectivity index (χ4n) is 3.38. The molecule has 1 aromatic carbocycles. The van der Waals surface area contributed by atoms with Gasteiger partial charge in [-0.3, -0.25) is 4.79 Å². The minimum absolute atomic E-state index is 0.0276. The Morgan fingerprint density at radius 2 is 2.19 bits per heavy atom. The number of nitrogens with one attached hydrogen (secondary N) is 2. The number of amidine groups is 1. The Labute approximate surface area is 124 Å². The van der Waals surface area contributed by atoms with Crippen LogP contribution in [-0.4, -0.2) is 30.9 Å². The van der Waals surface area contributed by atoms with E-state index in [4.69, 9.17) is 0 Å². The first kappa shape index (κ1) is 12.8. The van der Waals surface area contributed by atoms with Crippen molar-refractivity contribution in [1.29, 1.82) is 0 Å². The van der Waals surface area contributed by atoms with Gasteiger partial charge in [0.2, 0.25) is 0 Å². The molecule has 1 atom stereocenters. The Bertz CT molecular complexity index is 621. The summed E-state index contributed by atoms with van der Waals surface area (Å²) in [6, 6.07) is 6.55. The maximum Gasteiger partial charge on any atom is 0.262 e. The van der Waals surface area contributed by atoms with E-state index in [-0.39, 0.29) is 11.9 Å². The SMILES string of the molecule is CC1C(=O)NN=C2CCc3ccc(CC4CNC4)cc3N21. The van der Waals surface area contributed by atoms with Crippen molar-refractivity contribution in [3.8, 4) is 0 Å². The number of hydrazone groups is 1. The van der Waals surface area contributed by atoms with Crippen LogP contribution in [0.5, 0.6) is 0 Å². The number of carbonyl (C=O) groups excluding carboxylic acids is 1. The number of hydrogen-bond donors (Lipinski definition) is 2. The largest absolute Gasteiger partial charge is 0.316 e. The average Bonchev–Trinajstić information content (AvgIpc) is 2.46. The van der Waals surface area contributed by atoms with Gasteiger partial charge in [0, 0.05) is 12.1 Å². The van der Waals surface area contributed by atoms with Crippen molar-refractivity contribution in [2.45, 2.75) is 32.2 Å². The number of anilines is 1. The van der Waals surface area contributed by atoms with E-state index in [9.17, 15) is 4.79 Å². The lowest BCUT2D eigenvalue weighted by molar-refractivity contribution is -0.122. The van der Waals surface area contributed by atoms with E-state index in [1.54, 1.807) is 0 Å². The number of hydrogen-bond acceptors (Lipinski definition) is 4. The predicted molar refractivity (Wildman–Crippen MR) is 82.3 cm³/mol. The second kappa shape index (κ2) is 4.84. The number of amides is 1. The Morgan fingerprint density at radius 3 is 2.95 bits per heavy atom. The van der Waals surface area contributed by atoms with Gasteiger partial charge in [-0.15, -0.1) is 0 Å². The maximum absolute atomic E-state index is 11.9. The molecule has 1 saturated heterocycles. The van der Waals surface area contributed by atoms with E-state index >= 15 is 0 Å². The lowest BCUT2D eigenvalue weighted by atomic mass is 9.91. The lowest BCUT2D eigenvalue weighted by Gasteiger charge is -2.39. The molecule has 1 amide bonds. The summed E-state index contributed by atoms with van der Waals surface area (Å²) in [5.41, 5.74) is 6.49. The van der Waals surface area contributed by atoms with Crippen LogP contribution in [0.3, 0.4) is 0 Å². The third kappa shape index (κ3) is 2.12. The molecule has 0 aliphatic carbocycles. The predicted octanol–water partition coefficient (Wildman–Crippen LogP) is 1.03. The Morgan fingerprint density at radius 1 is 1.33 bits per heavy atom. The summed E-state index contributed by atoms with van der Waals surface area (Å²) < 4.78 is 0. The molecule has 2 N–H and O–H groups in total. The van der Waals surface area contributed by atoms with E-state index in [0.29, 0.717) is 0 Å². The smallest absolute Gasteiger partial charge is 0.262 e. The van der Waals surface area contributed by atoms with Gasteiger partial charge in [-0.25, -0.2) is 5.43 Å². The third-order valence-electron chi connectivity index (χ3n) is 4.76. The first-order chi connectivity index (χ1) is 10.2. The summed E-state index contributed by atoms with van der Waals surface area (Å²) in [5, 5.41) is 7.55. The Balaban J connectivity index is 1.69. The number of nitrogens with zero attached hydrogens (tertiary/aromatic N) is 2. The zero-order valence-corrected chi connectivity index (χ0v) is 12.2. The van der Waals surface area contributed by atoms with Gasteiger partial charge >= 0.3 is 0 Å². The van der Waals surface area contributed by atoms with Crippen molar-refractivity contribution >= 4 is 17.4 Å². The summed E-state index contributed by atoms with van der Waals surface area (Å²) in [7, 11) is 0. The van der Waals surface area contributed by atoms with E-state index in [1.807, 2.05) is 6.92 Å². The molecule has 3 aliphatic rings. The van der Waals surface area contributed by atoms with Crippen LogP contribution < -0.4 is 15.6 Å². The molecular formula is C16H20N4O. The molecule has 3 aliphatic heterocycles. The minimum Gasteiger partial charge on any atom is -0.316 e. The maximum atomic E-state index is 11.9. The molecule has 0 spiro atoms. The minimum atomic E-state index is -0.183. The second-order valence-electron chi connectivity index (χ2n) is 6.24. The topological polar surface area (TPSA) is 56.7 Å². The molecule has 0 radical (unpaired) electrons. The second-order valence-corrected chi connectivity index (χ2v) is 6.24. The van der Waals surface area contributed by atoms with Crippen LogP contribution in [0.15, 0.2) is 23.3 Å². The zero-order chi connectivity index (χ0) is 14.4. The van der Waals surface area contributed by atoms with E-state index < -0.39 is 0 Å². The first-order valence-corrected chi connectivity index (χ1v) is 7.70. The summed E-state index contributed by atoms with van der Waals surface area (Å²) in [4.78, 5) is 14.0. The molecule has 0 bridgehead atoms. The highest BCUT2D eigenvalue weighted by molar-refractivity contribution is 6.08. The molecule has 5 heteroatoms. The molecular weight excluding hydrogens is 264 g/mol. The number of fused-ring (bicyclic) bond motifs is 3. The van der Waals surface area contributed by atoms with Gasteiger partial charge in [-0.1, -0.05) is 12.1 Å². The van der Waals surface area contributed by atoms with Crippen molar-refractivity contribution in [3.05, 3.63) is 29.3 Å². The molecule has 110 valence electrons. The third-order valence-corrected chi connectivity index (χ3v) is 4.76. The van der Waals surface area contributed by atoms with E-state index in [1.165, 1.54) is 16.8 Å². The molecule has 0 saturated carbocycles. The molecule has 21 heavy (non-hydrogen) atoms. The highest BCUT2D eigenvalue weighted by Gasteiger charge is 2.34. The van der Waals surface area contributed by atoms with Crippen LogP contribution in [-0.2, 0) is 17.6 Å². The lowest BCUT2D eigenvalue weighted by Crippen LogP contribution is -2.53. The van der Waals surface area contributed by atoms with Gasteiger partial charge in [-0.05, 0) is 56.0 Å². The van der Waals surface area contributed by atoms with Crippen molar-refractivity contribution < 1.29 is 4.79 Å². The molecule has 3 heterocycles. The average molecular weight is 284 g/mol. The quantitative estimate of drug-likeness (QED) is 0.853. The summed E-state index contributed by atoms with van der Waals surface area (Å²) in [6.07, 6.45) is 3.00. The molecule has 1 fully saturated rings. The van der Waals surface area contributed by atoms with Crippen LogP contribution in [0.25, 0.3) is 0 Å². The first-order valence-electron chi connectivity index (χ1n) is 7.70. The van der Waals surface area contributed by atoms with Gasteiger partial charge in [0.25, 0.3) is 5.91 Å². The fraction of sp³-hybridized carbons (Fsp3) is 0.500. The molecule has 4 rings (SSSR count). The number of rotatable bonds is 2. The fourth-order valence-corrected chi connectivity index (χ4v) is 3.38. The normalized spacial score (nSPS) is 24.6. The molecule has 1 unspecified atom stereocenters. The van der Waals surface area contributed by atoms with Crippen LogP contribution in [0, 0.1) is 5.92 Å². The zero-order valence-electron chi connectivity index (χ0n) is 12.2. The molecule has 0 aromatic heterocycles. The van der Waals surface area contributed by atoms with Gasteiger partial charge in [-0.2, -0.15) is 5.10 Å². The van der Waals surface area contributed by atoms with E-state index in [2.05, 4.69) is 38.9 Å².